The molecular weight excluding hydrogens is 310 g/mol. The number of primary amides is 1. The monoisotopic (exact) mass is 335 g/mol. The molecular formula is C16H25N5O3. The molecule has 5 N–H and O–H groups in total. The number of hydrogen-bond acceptors (Lipinski definition) is 7. The van der Waals surface area contributed by atoms with E-state index in [0.29, 0.717) is 24.8 Å². The third-order valence-electron chi connectivity index (χ3n) is 4.54. The summed E-state index contributed by atoms with van der Waals surface area (Å²) in [6.45, 7) is 1.41. The Morgan fingerprint density at radius 3 is 2.79 bits per heavy atom. The molecule has 24 heavy (non-hydrogen) atoms. The lowest BCUT2D eigenvalue weighted by Crippen LogP contribution is -2.33. The zero-order valence-corrected chi connectivity index (χ0v) is 13.7. The van der Waals surface area contributed by atoms with E-state index in [1.807, 2.05) is 0 Å². The van der Waals surface area contributed by atoms with E-state index in [1.165, 1.54) is 6.20 Å². The van der Waals surface area contributed by atoms with Gasteiger partial charge in [-0.05, 0) is 38.5 Å². The number of anilines is 2. The van der Waals surface area contributed by atoms with Crippen LogP contribution in [0.5, 0.6) is 0 Å². The van der Waals surface area contributed by atoms with Crippen molar-refractivity contribution in [3.8, 4) is 0 Å². The van der Waals surface area contributed by atoms with Crippen molar-refractivity contribution in [2.75, 3.05) is 23.8 Å². The minimum absolute atomic E-state index is 0.0765. The minimum atomic E-state index is -0.568. The third kappa shape index (κ3) is 4.33. The van der Waals surface area contributed by atoms with Crippen molar-refractivity contribution < 1.29 is 14.6 Å². The van der Waals surface area contributed by atoms with Crippen LogP contribution in [0.15, 0.2) is 6.20 Å². The van der Waals surface area contributed by atoms with Gasteiger partial charge in [0.1, 0.15) is 5.82 Å². The maximum absolute atomic E-state index is 11.6. The number of aliphatic hydroxyl groups excluding tert-OH is 1. The second-order valence-electron chi connectivity index (χ2n) is 6.54. The average molecular weight is 335 g/mol. The van der Waals surface area contributed by atoms with Gasteiger partial charge in [0.25, 0.3) is 5.91 Å². The van der Waals surface area contributed by atoms with Gasteiger partial charge < -0.3 is 26.2 Å². The molecule has 2 heterocycles. The molecule has 1 amide bonds. The van der Waals surface area contributed by atoms with Crippen LogP contribution in [0.4, 0.5) is 11.8 Å². The van der Waals surface area contributed by atoms with E-state index in [9.17, 15) is 9.90 Å². The highest BCUT2D eigenvalue weighted by Crippen LogP contribution is 2.24. The van der Waals surface area contributed by atoms with Crippen molar-refractivity contribution in [2.45, 2.75) is 56.7 Å². The number of ether oxygens (including phenoxy) is 1. The summed E-state index contributed by atoms with van der Waals surface area (Å²) in [7, 11) is 0. The number of carbonyl (C=O) groups is 1. The van der Waals surface area contributed by atoms with Crippen LogP contribution in [0.25, 0.3) is 0 Å². The molecule has 3 atom stereocenters. The molecule has 1 saturated carbocycles. The van der Waals surface area contributed by atoms with Crippen molar-refractivity contribution in [3.05, 3.63) is 11.8 Å². The number of nitrogens with zero attached hydrogens (tertiary/aromatic N) is 2. The molecule has 1 aliphatic heterocycles. The highest BCUT2D eigenvalue weighted by molar-refractivity contribution is 5.97. The lowest BCUT2D eigenvalue weighted by atomic mass is 9.93. The van der Waals surface area contributed by atoms with Crippen LogP contribution >= 0.6 is 0 Å². The second kappa shape index (κ2) is 7.76. The fraction of sp³-hybridized carbons (Fsp3) is 0.688. The quantitative estimate of drug-likeness (QED) is 0.630. The summed E-state index contributed by atoms with van der Waals surface area (Å²) in [4.78, 5) is 20.3. The average Bonchev–Trinajstić information content (AvgIpc) is 2.56. The molecule has 0 radical (unpaired) electrons. The summed E-state index contributed by atoms with van der Waals surface area (Å²) in [5.74, 6) is 0.312. The van der Waals surface area contributed by atoms with Crippen molar-refractivity contribution in [3.63, 3.8) is 0 Å². The van der Waals surface area contributed by atoms with Gasteiger partial charge in [0.2, 0.25) is 5.95 Å². The summed E-state index contributed by atoms with van der Waals surface area (Å²) in [6.07, 6.45) is 6.47. The molecule has 1 aliphatic carbocycles. The Labute approximate surface area is 141 Å². The smallest absolute Gasteiger partial charge is 0.254 e. The predicted octanol–water partition coefficient (Wildman–Crippen LogP) is 0.882. The summed E-state index contributed by atoms with van der Waals surface area (Å²) < 4.78 is 5.44. The Bertz CT molecular complexity index is 577. The molecule has 0 spiro atoms. The van der Waals surface area contributed by atoms with Gasteiger partial charge in [-0.3, -0.25) is 4.79 Å². The Morgan fingerprint density at radius 2 is 2.08 bits per heavy atom. The summed E-state index contributed by atoms with van der Waals surface area (Å²) in [5, 5.41) is 16.3. The maximum Gasteiger partial charge on any atom is 0.254 e. The Hall–Kier alpha value is -1.93. The number of amides is 1. The third-order valence-corrected chi connectivity index (χ3v) is 4.54. The second-order valence-corrected chi connectivity index (χ2v) is 6.54. The molecule has 8 heteroatoms. The topological polar surface area (TPSA) is 122 Å². The number of carbonyl (C=O) groups excluding carboxylic acids is 1. The standard InChI is InChI=1S/C16H25N5O3/c17-14(23)13-8-18-16(20-11-4-2-6-24-9-11)21-15(13)19-10-3-1-5-12(22)7-10/h8,10-12,22H,1-7,9H2,(H2,17,23)(H2,18,19,20,21)/t10-,11+,12+/m1/s1. The van der Waals surface area contributed by atoms with Crippen molar-refractivity contribution in [1.29, 1.82) is 0 Å². The van der Waals surface area contributed by atoms with Crippen molar-refractivity contribution >= 4 is 17.7 Å². The fourth-order valence-corrected chi connectivity index (χ4v) is 3.27. The summed E-state index contributed by atoms with van der Waals surface area (Å²) >= 11 is 0. The predicted molar refractivity (Wildman–Crippen MR) is 89.9 cm³/mol. The first kappa shape index (κ1) is 16.9. The van der Waals surface area contributed by atoms with E-state index in [0.717, 1.165) is 38.7 Å². The van der Waals surface area contributed by atoms with E-state index < -0.39 is 5.91 Å². The Kier molecular flexibility index (Phi) is 5.47. The van der Waals surface area contributed by atoms with Gasteiger partial charge in [0.15, 0.2) is 0 Å². The lowest BCUT2D eigenvalue weighted by molar-refractivity contribution is 0.0874. The number of aliphatic hydroxyl groups is 1. The molecule has 2 fully saturated rings. The van der Waals surface area contributed by atoms with Crippen LogP contribution < -0.4 is 16.4 Å². The zero-order valence-electron chi connectivity index (χ0n) is 13.7. The van der Waals surface area contributed by atoms with Crippen LogP contribution in [0.3, 0.4) is 0 Å². The SMILES string of the molecule is NC(=O)c1cnc(N[C@H]2CCCOC2)nc1N[C@@H]1CCC[C@H](O)C1. The van der Waals surface area contributed by atoms with Gasteiger partial charge >= 0.3 is 0 Å². The van der Waals surface area contributed by atoms with Crippen molar-refractivity contribution in [1.82, 2.24) is 9.97 Å². The molecule has 0 unspecified atom stereocenters. The fourth-order valence-electron chi connectivity index (χ4n) is 3.27. The first-order valence-corrected chi connectivity index (χ1v) is 8.57. The highest BCUT2D eigenvalue weighted by Gasteiger charge is 2.23. The maximum atomic E-state index is 11.6. The molecule has 2 aliphatic rings. The van der Waals surface area contributed by atoms with Gasteiger partial charge in [-0.25, -0.2) is 4.98 Å². The number of nitrogens with one attached hydrogen (secondary N) is 2. The highest BCUT2D eigenvalue weighted by atomic mass is 16.5. The first-order chi connectivity index (χ1) is 11.6. The van der Waals surface area contributed by atoms with Gasteiger partial charge in [-0.15, -0.1) is 0 Å². The number of rotatable bonds is 5. The van der Waals surface area contributed by atoms with E-state index in [4.69, 9.17) is 10.5 Å². The van der Waals surface area contributed by atoms with Crippen LogP contribution in [0, 0.1) is 0 Å². The molecule has 1 saturated heterocycles. The van der Waals surface area contributed by atoms with Crippen LogP contribution in [-0.2, 0) is 4.74 Å². The van der Waals surface area contributed by atoms with E-state index in [1.54, 1.807) is 0 Å². The van der Waals surface area contributed by atoms with Gasteiger partial charge in [-0.2, -0.15) is 4.98 Å². The molecule has 3 rings (SSSR count). The lowest BCUT2D eigenvalue weighted by Gasteiger charge is -2.28. The molecule has 1 aromatic heterocycles. The van der Waals surface area contributed by atoms with Crippen LogP contribution in [0.2, 0.25) is 0 Å². The normalized spacial score (nSPS) is 27.5. The molecule has 132 valence electrons. The summed E-state index contributed by atoms with van der Waals surface area (Å²) in [5.41, 5.74) is 5.70. The minimum Gasteiger partial charge on any atom is -0.393 e. The van der Waals surface area contributed by atoms with Gasteiger partial charge in [0, 0.05) is 18.8 Å². The van der Waals surface area contributed by atoms with Gasteiger partial charge in [-0.1, -0.05) is 0 Å². The molecule has 0 bridgehead atoms. The van der Waals surface area contributed by atoms with E-state index >= 15 is 0 Å². The number of nitrogens with two attached hydrogens (primary N) is 1. The molecule has 1 aromatic rings. The number of aromatic nitrogens is 2. The van der Waals surface area contributed by atoms with Gasteiger partial charge in [0.05, 0.1) is 24.3 Å². The van der Waals surface area contributed by atoms with E-state index in [-0.39, 0.29) is 23.8 Å². The zero-order chi connectivity index (χ0) is 16.9. The molecule has 8 nitrogen and oxygen atoms in total. The van der Waals surface area contributed by atoms with E-state index in [2.05, 4.69) is 20.6 Å². The Balaban J connectivity index is 1.73. The molecule has 0 aromatic carbocycles. The Morgan fingerprint density at radius 1 is 1.25 bits per heavy atom. The van der Waals surface area contributed by atoms with Crippen molar-refractivity contribution in [2.24, 2.45) is 5.73 Å². The summed E-state index contributed by atoms with van der Waals surface area (Å²) in [6, 6.07) is 0.246. The van der Waals surface area contributed by atoms with Crippen LogP contribution in [-0.4, -0.2) is 52.4 Å². The first-order valence-electron chi connectivity index (χ1n) is 8.57. The van der Waals surface area contributed by atoms with Crippen LogP contribution in [0.1, 0.15) is 48.9 Å². The largest absolute Gasteiger partial charge is 0.393 e. The number of hydrogen-bond donors (Lipinski definition) is 4.